The molecule has 3 atom stereocenters. The van der Waals surface area contributed by atoms with Gasteiger partial charge in [0.25, 0.3) is 0 Å². The molecule has 186 valence electrons. The van der Waals surface area contributed by atoms with Crippen LogP contribution in [0.5, 0.6) is 11.5 Å². The lowest BCUT2D eigenvalue weighted by atomic mass is 9.96. The van der Waals surface area contributed by atoms with E-state index in [-0.39, 0.29) is 12.6 Å². The highest BCUT2D eigenvalue weighted by Gasteiger charge is 2.35. The minimum Gasteiger partial charge on any atom is -0.454 e. The molecular formula is C29H36N2O3S. The first kappa shape index (κ1) is 24.4. The number of unbranched alkanes of at least 4 members (excludes halogenated alkanes) is 1. The number of nitrogens with zero attached hydrogens (tertiary/aromatic N) is 1. The standard InChI is InChI=1S/C29H36N2O3S/c1-20-12-15-35-28-9-5-3-7-24(28)29(20)31-14-13-30-18-23-16-21(23)6-2-4-8-25(32)22-10-11-26-27(17-22)34-19-33-26/h3,5,7,9-11,17,20-21,23,30H,2,4,6,8,12-16,18-19H2,1H3. The van der Waals surface area contributed by atoms with Crippen LogP contribution in [0, 0.1) is 17.8 Å². The molecule has 2 aromatic rings. The van der Waals surface area contributed by atoms with E-state index in [0.29, 0.717) is 18.1 Å². The Labute approximate surface area is 213 Å². The zero-order chi connectivity index (χ0) is 24.0. The fourth-order valence-electron chi connectivity index (χ4n) is 5.16. The van der Waals surface area contributed by atoms with Crippen LogP contribution in [0.4, 0.5) is 0 Å². The summed E-state index contributed by atoms with van der Waals surface area (Å²) in [7, 11) is 0. The van der Waals surface area contributed by atoms with Crippen molar-refractivity contribution in [2.45, 2.75) is 50.3 Å². The number of carbonyl (C=O) groups excluding carboxylic acids is 1. The number of nitrogens with one attached hydrogen (secondary N) is 1. The molecule has 3 aliphatic rings. The number of carbonyl (C=O) groups is 1. The van der Waals surface area contributed by atoms with Gasteiger partial charge in [-0.1, -0.05) is 38.0 Å². The van der Waals surface area contributed by atoms with Crippen molar-refractivity contribution in [2.75, 3.05) is 32.2 Å². The topological polar surface area (TPSA) is 59.9 Å². The second kappa shape index (κ2) is 11.6. The van der Waals surface area contributed by atoms with E-state index < -0.39 is 0 Å². The van der Waals surface area contributed by atoms with Crippen LogP contribution in [0.25, 0.3) is 0 Å². The Morgan fingerprint density at radius 3 is 2.94 bits per heavy atom. The van der Waals surface area contributed by atoms with Crippen LogP contribution in [0.2, 0.25) is 0 Å². The van der Waals surface area contributed by atoms with E-state index in [4.69, 9.17) is 14.5 Å². The largest absolute Gasteiger partial charge is 0.454 e. The Kier molecular flexibility index (Phi) is 8.09. The van der Waals surface area contributed by atoms with Gasteiger partial charge in [-0.05, 0) is 73.6 Å². The molecule has 6 heteroatoms. The summed E-state index contributed by atoms with van der Waals surface area (Å²) in [5.74, 6) is 4.92. The summed E-state index contributed by atoms with van der Waals surface area (Å²) >= 11 is 1.96. The third-order valence-electron chi connectivity index (χ3n) is 7.41. The molecule has 5 rings (SSSR count). The zero-order valence-corrected chi connectivity index (χ0v) is 21.4. The molecule has 35 heavy (non-hydrogen) atoms. The number of Topliss-reactive ketones (excluding diaryl/α,β-unsaturated/α-hetero) is 1. The van der Waals surface area contributed by atoms with E-state index in [0.717, 1.165) is 55.6 Å². The molecule has 3 unspecified atom stereocenters. The summed E-state index contributed by atoms with van der Waals surface area (Å²) < 4.78 is 10.7. The highest BCUT2D eigenvalue weighted by Crippen LogP contribution is 2.42. The van der Waals surface area contributed by atoms with Crippen molar-refractivity contribution in [1.82, 2.24) is 5.32 Å². The number of ketones is 1. The summed E-state index contributed by atoms with van der Waals surface area (Å²) in [5, 5.41) is 3.63. The number of ether oxygens (including phenoxy) is 2. The van der Waals surface area contributed by atoms with Gasteiger partial charge in [-0.2, -0.15) is 0 Å². The van der Waals surface area contributed by atoms with Gasteiger partial charge in [0.15, 0.2) is 17.3 Å². The molecule has 0 aromatic heterocycles. The Morgan fingerprint density at radius 2 is 2.00 bits per heavy atom. The molecule has 1 fully saturated rings. The molecule has 0 radical (unpaired) electrons. The van der Waals surface area contributed by atoms with Gasteiger partial charge in [-0.25, -0.2) is 0 Å². The Hall–Kier alpha value is -2.31. The third-order valence-corrected chi connectivity index (χ3v) is 8.51. The van der Waals surface area contributed by atoms with Gasteiger partial charge in [0, 0.05) is 34.7 Å². The van der Waals surface area contributed by atoms with Crippen LogP contribution in [0.3, 0.4) is 0 Å². The van der Waals surface area contributed by atoms with Gasteiger partial charge >= 0.3 is 0 Å². The lowest BCUT2D eigenvalue weighted by Gasteiger charge is -2.13. The smallest absolute Gasteiger partial charge is 0.231 e. The maximum absolute atomic E-state index is 12.5. The quantitative estimate of drug-likeness (QED) is 0.308. The highest BCUT2D eigenvalue weighted by molar-refractivity contribution is 7.99. The molecule has 1 N–H and O–H groups in total. The van der Waals surface area contributed by atoms with E-state index in [1.54, 1.807) is 0 Å². The fraction of sp³-hybridized carbons (Fsp3) is 0.517. The van der Waals surface area contributed by atoms with Crippen molar-refractivity contribution in [3.63, 3.8) is 0 Å². The Balaban J connectivity index is 0.964. The minimum atomic E-state index is 0.197. The second-order valence-corrected chi connectivity index (χ2v) is 11.1. The van der Waals surface area contributed by atoms with Crippen LogP contribution >= 0.6 is 11.8 Å². The van der Waals surface area contributed by atoms with Crippen molar-refractivity contribution in [2.24, 2.45) is 22.7 Å². The molecule has 2 aromatic carbocycles. The van der Waals surface area contributed by atoms with E-state index >= 15 is 0 Å². The SMILES string of the molecule is CC1CCSc2ccccc2C1=NCCNCC1CC1CCCCC(=O)c1ccc2c(c1)OCO2. The maximum Gasteiger partial charge on any atom is 0.231 e. The normalized spacial score (nSPS) is 23.7. The van der Waals surface area contributed by atoms with Crippen LogP contribution < -0.4 is 14.8 Å². The molecule has 0 amide bonds. The van der Waals surface area contributed by atoms with Crippen molar-refractivity contribution in [1.29, 1.82) is 0 Å². The molecule has 0 bridgehead atoms. The van der Waals surface area contributed by atoms with Crippen LogP contribution in [0.15, 0.2) is 52.4 Å². The van der Waals surface area contributed by atoms with E-state index in [9.17, 15) is 4.79 Å². The summed E-state index contributed by atoms with van der Waals surface area (Å²) in [6.07, 6.45) is 6.43. The monoisotopic (exact) mass is 492 g/mol. The Bertz CT molecular complexity index is 1070. The first-order valence-corrected chi connectivity index (χ1v) is 14.1. The van der Waals surface area contributed by atoms with Gasteiger partial charge < -0.3 is 14.8 Å². The summed E-state index contributed by atoms with van der Waals surface area (Å²) in [6.45, 7) is 5.43. The Morgan fingerprint density at radius 1 is 1.11 bits per heavy atom. The zero-order valence-electron chi connectivity index (χ0n) is 20.6. The molecule has 0 saturated heterocycles. The predicted octanol–water partition coefficient (Wildman–Crippen LogP) is 6.01. The molecular weight excluding hydrogens is 456 g/mol. The lowest BCUT2D eigenvalue weighted by molar-refractivity contribution is 0.0978. The van der Waals surface area contributed by atoms with Gasteiger partial charge in [0.1, 0.15) is 0 Å². The van der Waals surface area contributed by atoms with Gasteiger partial charge in [-0.3, -0.25) is 9.79 Å². The second-order valence-electron chi connectivity index (χ2n) is 10.00. The number of fused-ring (bicyclic) bond motifs is 2. The number of hydrogen-bond acceptors (Lipinski definition) is 6. The fourth-order valence-corrected chi connectivity index (χ4v) is 6.35. The molecule has 1 saturated carbocycles. The number of hydrogen-bond donors (Lipinski definition) is 1. The van der Waals surface area contributed by atoms with Crippen molar-refractivity contribution in [3.8, 4) is 11.5 Å². The third kappa shape index (κ3) is 6.28. The molecule has 0 spiro atoms. The number of benzene rings is 2. The van der Waals surface area contributed by atoms with E-state index in [2.05, 4.69) is 36.5 Å². The van der Waals surface area contributed by atoms with Crippen LogP contribution in [-0.4, -0.2) is 43.7 Å². The first-order chi connectivity index (χ1) is 17.2. The molecule has 1 aliphatic carbocycles. The number of rotatable bonds is 11. The summed E-state index contributed by atoms with van der Waals surface area (Å²) in [5.41, 5.74) is 3.35. The first-order valence-electron chi connectivity index (χ1n) is 13.1. The maximum atomic E-state index is 12.5. The van der Waals surface area contributed by atoms with Crippen molar-refractivity contribution in [3.05, 3.63) is 53.6 Å². The van der Waals surface area contributed by atoms with Gasteiger partial charge in [0.2, 0.25) is 6.79 Å². The van der Waals surface area contributed by atoms with Gasteiger partial charge in [-0.15, -0.1) is 11.8 Å². The lowest BCUT2D eigenvalue weighted by Crippen LogP contribution is -2.22. The summed E-state index contributed by atoms with van der Waals surface area (Å²) in [4.78, 5) is 18.9. The number of thioether (sulfide) groups is 1. The van der Waals surface area contributed by atoms with Crippen molar-refractivity contribution >= 4 is 23.3 Å². The van der Waals surface area contributed by atoms with E-state index in [1.165, 1.54) is 41.2 Å². The summed E-state index contributed by atoms with van der Waals surface area (Å²) in [6, 6.07) is 14.2. The van der Waals surface area contributed by atoms with Crippen LogP contribution in [-0.2, 0) is 0 Å². The average Bonchev–Trinajstić information content (AvgIpc) is 3.49. The van der Waals surface area contributed by atoms with Crippen LogP contribution in [0.1, 0.15) is 61.4 Å². The molecule has 5 nitrogen and oxygen atoms in total. The highest BCUT2D eigenvalue weighted by atomic mass is 32.2. The van der Waals surface area contributed by atoms with E-state index in [1.807, 2.05) is 30.0 Å². The molecule has 2 heterocycles. The molecule has 2 aliphatic heterocycles. The minimum absolute atomic E-state index is 0.197. The van der Waals surface area contributed by atoms with Gasteiger partial charge in [0.05, 0.1) is 6.54 Å². The van der Waals surface area contributed by atoms with Crippen molar-refractivity contribution < 1.29 is 14.3 Å². The predicted molar refractivity (Wildman–Crippen MR) is 142 cm³/mol. The number of aliphatic imine (C=N–C) groups is 1. The average molecular weight is 493 g/mol.